The highest BCUT2D eigenvalue weighted by molar-refractivity contribution is 5.88. The molecule has 23 heavy (non-hydrogen) atoms. The van der Waals surface area contributed by atoms with Crippen molar-refractivity contribution in [1.29, 1.82) is 0 Å². The highest BCUT2D eigenvalue weighted by Gasteiger charge is 2.16. The quantitative estimate of drug-likeness (QED) is 0.634. The van der Waals surface area contributed by atoms with Crippen molar-refractivity contribution in [2.75, 3.05) is 0 Å². The molecule has 1 aliphatic carbocycles. The van der Waals surface area contributed by atoms with Crippen molar-refractivity contribution in [3.63, 3.8) is 0 Å². The fourth-order valence-corrected chi connectivity index (χ4v) is 3.02. The minimum absolute atomic E-state index is 0.0886. The van der Waals surface area contributed by atoms with Crippen LogP contribution in [0.5, 0.6) is 0 Å². The molecule has 0 atom stereocenters. The van der Waals surface area contributed by atoms with Crippen LogP contribution < -0.4 is 0 Å². The number of ether oxygens (including phenoxy) is 1. The number of nitrogens with zero attached hydrogens (tertiary/aromatic N) is 2. The summed E-state index contributed by atoms with van der Waals surface area (Å²) in [5.74, 6) is 0.623. The molecular formula is C19H22N2O2. The number of aromatic nitrogens is 2. The highest BCUT2D eigenvalue weighted by Crippen LogP contribution is 2.23. The van der Waals surface area contributed by atoms with Gasteiger partial charge in [0.2, 0.25) is 0 Å². The summed E-state index contributed by atoms with van der Waals surface area (Å²) in [6.45, 7) is 0. The van der Waals surface area contributed by atoms with Gasteiger partial charge < -0.3 is 9.30 Å². The fourth-order valence-electron chi connectivity index (χ4n) is 3.02. The third kappa shape index (κ3) is 3.89. The van der Waals surface area contributed by atoms with E-state index in [1.807, 2.05) is 48.2 Å². The average molecular weight is 310 g/mol. The molecule has 1 fully saturated rings. The molecule has 0 radical (unpaired) electrons. The van der Waals surface area contributed by atoms with Crippen molar-refractivity contribution in [2.45, 2.75) is 38.2 Å². The molecule has 1 heterocycles. The molecule has 0 saturated heterocycles. The minimum atomic E-state index is -0.258. The molecule has 120 valence electrons. The van der Waals surface area contributed by atoms with Gasteiger partial charge >= 0.3 is 5.97 Å². The zero-order valence-corrected chi connectivity index (χ0v) is 13.4. The molecule has 3 rings (SSSR count). The van der Waals surface area contributed by atoms with E-state index in [9.17, 15) is 4.79 Å². The Kier molecular flexibility index (Phi) is 4.91. The van der Waals surface area contributed by atoms with E-state index in [4.69, 9.17) is 4.74 Å². The molecule has 0 aliphatic heterocycles. The second-order valence-electron chi connectivity index (χ2n) is 5.98. The molecule has 1 aromatic carbocycles. The van der Waals surface area contributed by atoms with Gasteiger partial charge in [0.25, 0.3) is 0 Å². The first kappa shape index (κ1) is 15.5. The van der Waals surface area contributed by atoms with Crippen LogP contribution in [0.4, 0.5) is 0 Å². The molecular weight excluding hydrogens is 288 g/mol. The van der Waals surface area contributed by atoms with Crippen LogP contribution in [-0.2, 0) is 16.6 Å². The van der Waals surface area contributed by atoms with Crippen LogP contribution in [0.3, 0.4) is 0 Å². The van der Waals surface area contributed by atoms with E-state index >= 15 is 0 Å². The molecule has 4 heteroatoms. The Balaban J connectivity index is 1.72. The van der Waals surface area contributed by atoms with Gasteiger partial charge in [-0.15, -0.1) is 0 Å². The van der Waals surface area contributed by atoms with Crippen LogP contribution in [0, 0.1) is 0 Å². The number of imidazole rings is 1. The Morgan fingerprint density at radius 1 is 1.26 bits per heavy atom. The number of carbonyl (C=O) groups is 1. The van der Waals surface area contributed by atoms with E-state index in [1.165, 1.54) is 12.5 Å². The second-order valence-corrected chi connectivity index (χ2v) is 5.98. The van der Waals surface area contributed by atoms with Gasteiger partial charge in [-0.2, -0.15) is 0 Å². The van der Waals surface area contributed by atoms with E-state index in [1.54, 1.807) is 6.20 Å². The van der Waals surface area contributed by atoms with Crippen molar-refractivity contribution in [3.8, 4) is 11.4 Å². The van der Waals surface area contributed by atoms with Gasteiger partial charge in [0, 0.05) is 31.1 Å². The molecule has 0 bridgehead atoms. The Morgan fingerprint density at radius 2 is 2.04 bits per heavy atom. The third-order valence-corrected chi connectivity index (χ3v) is 4.26. The molecule has 0 amide bonds. The summed E-state index contributed by atoms with van der Waals surface area (Å²) in [4.78, 5) is 16.4. The zero-order chi connectivity index (χ0) is 16.1. The molecule has 1 aromatic heterocycles. The first-order valence-corrected chi connectivity index (χ1v) is 8.19. The topological polar surface area (TPSA) is 44.1 Å². The van der Waals surface area contributed by atoms with Gasteiger partial charge in [0.15, 0.2) is 0 Å². The van der Waals surface area contributed by atoms with Gasteiger partial charge in [-0.05, 0) is 37.3 Å². The van der Waals surface area contributed by atoms with E-state index < -0.39 is 0 Å². The lowest BCUT2D eigenvalue weighted by atomic mass is 9.98. The number of rotatable bonds is 4. The Bertz CT molecular complexity index is 697. The Labute approximate surface area is 136 Å². The standard InChI is InChI=1S/C19H22N2O2/c1-21-14-13-20-19(21)17-10-6-5-7-15(17)11-12-18(22)23-16-8-3-2-4-9-16/h5-7,10-14,16H,2-4,8-9H2,1H3/b12-11+. The van der Waals surface area contributed by atoms with Crippen molar-refractivity contribution in [2.24, 2.45) is 7.05 Å². The van der Waals surface area contributed by atoms with Crippen LogP contribution in [0.15, 0.2) is 42.7 Å². The maximum absolute atomic E-state index is 12.0. The van der Waals surface area contributed by atoms with Crippen molar-refractivity contribution in [3.05, 3.63) is 48.3 Å². The predicted octanol–water partition coefficient (Wildman–Crippen LogP) is 3.98. The first-order chi connectivity index (χ1) is 11.2. The Hall–Kier alpha value is -2.36. The minimum Gasteiger partial charge on any atom is -0.459 e. The summed E-state index contributed by atoms with van der Waals surface area (Å²) >= 11 is 0. The fraction of sp³-hybridized carbons (Fsp3) is 0.368. The lowest BCUT2D eigenvalue weighted by molar-refractivity contribution is -0.144. The van der Waals surface area contributed by atoms with Gasteiger partial charge in [-0.25, -0.2) is 9.78 Å². The van der Waals surface area contributed by atoms with Crippen molar-refractivity contribution < 1.29 is 9.53 Å². The third-order valence-electron chi connectivity index (χ3n) is 4.26. The monoisotopic (exact) mass is 310 g/mol. The maximum atomic E-state index is 12.0. The number of benzene rings is 1. The van der Waals surface area contributed by atoms with Gasteiger partial charge in [-0.1, -0.05) is 30.7 Å². The summed E-state index contributed by atoms with van der Waals surface area (Å²) in [5, 5.41) is 0. The normalized spacial score (nSPS) is 15.9. The molecule has 0 N–H and O–H groups in total. The zero-order valence-electron chi connectivity index (χ0n) is 13.4. The SMILES string of the molecule is Cn1ccnc1-c1ccccc1/C=C/C(=O)OC1CCCCC1. The van der Waals surface area contributed by atoms with Crippen LogP contribution in [0.1, 0.15) is 37.7 Å². The lowest BCUT2D eigenvalue weighted by Gasteiger charge is -2.20. The van der Waals surface area contributed by atoms with Crippen molar-refractivity contribution >= 4 is 12.0 Å². The maximum Gasteiger partial charge on any atom is 0.331 e. The lowest BCUT2D eigenvalue weighted by Crippen LogP contribution is -2.19. The van der Waals surface area contributed by atoms with Crippen LogP contribution in [-0.4, -0.2) is 21.6 Å². The molecule has 0 unspecified atom stereocenters. The van der Waals surface area contributed by atoms with Gasteiger partial charge in [0.05, 0.1) is 0 Å². The Morgan fingerprint density at radius 3 is 2.78 bits per heavy atom. The predicted molar refractivity (Wildman–Crippen MR) is 90.6 cm³/mol. The summed E-state index contributed by atoms with van der Waals surface area (Å²) in [7, 11) is 1.96. The van der Waals surface area contributed by atoms with E-state index in [0.717, 1.165) is 42.6 Å². The number of esters is 1. The smallest absolute Gasteiger partial charge is 0.331 e. The van der Waals surface area contributed by atoms with Crippen LogP contribution in [0.2, 0.25) is 0 Å². The van der Waals surface area contributed by atoms with Crippen LogP contribution >= 0.6 is 0 Å². The van der Waals surface area contributed by atoms with Crippen LogP contribution in [0.25, 0.3) is 17.5 Å². The first-order valence-electron chi connectivity index (χ1n) is 8.19. The van der Waals surface area contributed by atoms with E-state index in [2.05, 4.69) is 4.98 Å². The number of aryl methyl sites for hydroxylation is 1. The van der Waals surface area contributed by atoms with Gasteiger partial charge in [0.1, 0.15) is 11.9 Å². The molecule has 1 saturated carbocycles. The number of carbonyl (C=O) groups excluding carboxylic acids is 1. The average Bonchev–Trinajstić information content (AvgIpc) is 3.00. The summed E-state index contributed by atoms with van der Waals surface area (Å²) in [5.41, 5.74) is 1.96. The molecule has 2 aromatic rings. The summed E-state index contributed by atoms with van der Waals surface area (Å²) in [6, 6.07) is 7.92. The second kappa shape index (κ2) is 7.27. The molecule has 4 nitrogen and oxygen atoms in total. The number of hydrogen-bond acceptors (Lipinski definition) is 3. The highest BCUT2D eigenvalue weighted by atomic mass is 16.5. The molecule has 0 spiro atoms. The largest absolute Gasteiger partial charge is 0.459 e. The van der Waals surface area contributed by atoms with E-state index in [-0.39, 0.29) is 12.1 Å². The summed E-state index contributed by atoms with van der Waals surface area (Å²) in [6.07, 6.45) is 12.7. The van der Waals surface area contributed by atoms with E-state index in [0.29, 0.717) is 0 Å². The van der Waals surface area contributed by atoms with Gasteiger partial charge in [-0.3, -0.25) is 0 Å². The van der Waals surface area contributed by atoms with Crippen molar-refractivity contribution in [1.82, 2.24) is 9.55 Å². The molecule has 1 aliphatic rings. The summed E-state index contributed by atoms with van der Waals surface area (Å²) < 4.78 is 7.49. The number of hydrogen-bond donors (Lipinski definition) is 0.